The molecule has 34 heavy (non-hydrogen) atoms. The van der Waals surface area contributed by atoms with E-state index < -0.39 is 34.7 Å². The molecule has 3 aromatic rings. The topological polar surface area (TPSA) is 111 Å². The van der Waals surface area contributed by atoms with Crippen molar-refractivity contribution in [3.05, 3.63) is 77.6 Å². The fourth-order valence-corrected chi connectivity index (χ4v) is 4.00. The lowest BCUT2D eigenvalue weighted by atomic mass is 9.96. The average Bonchev–Trinajstić information content (AvgIpc) is 2.78. The highest BCUT2D eigenvalue weighted by Crippen LogP contribution is 2.29. The fourth-order valence-electron chi connectivity index (χ4n) is 3.32. The molecule has 0 aliphatic heterocycles. The van der Waals surface area contributed by atoms with Gasteiger partial charge in [0, 0.05) is 29.4 Å². The molecule has 0 spiro atoms. The molecule has 1 amide bonds. The summed E-state index contributed by atoms with van der Waals surface area (Å²) in [5.74, 6) is -1.09. The van der Waals surface area contributed by atoms with Gasteiger partial charge in [0.1, 0.15) is 16.5 Å². The van der Waals surface area contributed by atoms with Crippen LogP contribution in [-0.2, 0) is 16.6 Å². The van der Waals surface area contributed by atoms with Crippen LogP contribution in [0.25, 0.3) is 11.1 Å². The molecule has 0 aromatic heterocycles. The first-order valence-corrected chi connectivity index (χ1v) is 11.5. The van der Waals surface area contributed by atoms with Gasteiger partial charge in [-0.15, -0.1) is 0 Å². The first-order valence-electron chi connectivity index (χ1n) is 9.99. The lowest BCUT2D eigenvalue weighted by molar-refractivity contribution is 0.102. The molecular formula is C23H22F3N3O4S. The Balaban J connectivity index is 1.92. The number of sulfonamides is 1. The highest BCUT2D eigenvalue weighted by Gasteiger charge is 2.18. The molecule has 0 heterocycles. The normalized spacial score (nSPS) is 11.5. The average molecular weight is 494 g/mol. The molecule has 0 saturated heterocycles. The summed E-state index contributed by atoms with van der Waals surface area (Å²) in [5.41, 5.74) is 1.59. The Hall–Kier alpha value is -3.41. The summed E-state index contributed by atoms with van der Waals surface area (Å²) in [6.45, 7) is -0.588. The highest BCUT2D eigenvalue weighted by molar-refractivity contribution is 7.89. The Morgan fingerprint density at radius 3 is 2.44 bits per heavy atom. The van der Waals surface area contributed by atoms with E-state index in [0.29, 0.717) is 11.1 Å². The van der Waals surface area contributed by atoms with Crippen LogP contribution in [0.5, 0.6) is 5.75 Å². The van der Waals surface area contributed by atoms with Gasteiger partial charge in [-0.3, -0.25) is 4.79 Å². The molecule has 0 aliphatic rings. The number of benzene rings is 3. The summed E-state index contributed by atoms with van der Waals surface area (Å²) in [6.07, 6.45) is -2.57. The number of anilines is 1. The van der Waals surface area contributed by atoms with Crippen LogP contribution in [0.15, 0.2) is 65.6 Å². The number of carbonyl (C=O) groups excluding carboxylic acids is 1. The van der Waals surface area contributed by atoms with Gasteiger partial charge >= 0.3 is 0 Å². The zero-order valence-electron chi connectivity index (χ0n) is 18.0. The van der Waals surface area contributed by atoms with Gasteiger partial charge in [-0.1, -0.05) is 24.3 Å². The number of amides is 1. The number of rotatable bonds is 9. The van der Waals surface area contributed by atoms with Crippen LogP contribution in [0, 0.1) is 5.82 Å². The van der Waals surface area contributed by atoms with E-state index in [0.717, 1.165) is 0 Å². The van der Waals surface area contributed by atoms with Crippen molar-refractivity contribution in [2.75, 3.05) is 19.0 Å². The molecule has 0 unspecified atom stereocenters. The molecule has 11 heteroatoms. The Kier molecular flexibility index (Phi) is 7.92. The molecule has 3 rings (SSSR count). The standard InChI is InChI=1S/C23H22F3N3O4S/c1-33-20-11-16(7-9-21(20)34(27,31)32)29-23(30)14-6-8-17(18-4-2-3-5-19(18)24)15(10-14)12-28-13-22(25)26/h2-11,22,28H,12-13H2,1H3,(H,29,30)(H2,27,31,32). The van der Waals surface area contributed by atoms with Crippen LogP contribution in [0.1, 0.15) is 15.9 Å². The third-order valence-corrected chi connectivity index (χ3v) is 5.82. The number of nitrogens with two attached hydrogens (primary N) is 1. The summed E-state index contributed by atoms with van der Waals surface area (Å²) >= 11 is 0. The summed E-state index contributed by atoms with van der Waals surface area (Å²) in [6, 6.07) is 14.4. The Bertz CT molecular complexity index is 1300. The van der Waals surface area contributed by atoms with Gasteiger partial charge in [-0.05, 0) is 41.5 Å². The fraction of sp³-hybridized carbons (Fsp3) is 0.174. The van der Waals surface area contributed by atoms with E-state index in [-0.39, 0.29) is 34.0 Å². The number of primary sulfonamides is 1. The van der Waals surface area contributed by atoms with Gasteiger partial charge in [0.05, 0.1) is 13.7 Å². The zero-order chi connectivity index (χ0) is 24.9. The van der Waals surface area contributed by atoms with Crippen molar-refractivity contribution in [3.63, 3.8) is 0 Å². The first-order chi connectivity index (χ1) is 16.1. The van der Waals surface area contributed by atoms with E-state index in [1.807, 2.05) is 0 Å². The second kappa shape index (κ2) is 10.7. The minimum Gasteiger partial charge on any atom is -0.495 e. The number of hydrogen-bond acceptors (Lipinski definition) is 5. The zero-order valence-corrected chi connectivity index (χ0v) is 18.8. The molecule has 0 fully saturated rings. The predicted octanol–water partition coefficient (Wildman–Crippen LogP) is 3.76. The number of ether oxygens (including phenoxy) is 1. The molecule has 0 aliphatic carbocycles. The molecule has 0 atom stereocenters. The summed E-state index contributed by atoms with van der Waals surface area (Å²) in [7, 11) is -2.77. The van der Waals surface area contributed by atoms with Crippen LogP contribution in [0.3, 0.4) is 0 Å². The molecule has 0 saturated carbocycles. The van der Waals surface area contributed by atoms with Gasteiger partial charge in [-0.25, -0.2) is 26.7 Å². The molecule has 0 bridgehead atoms. The van der Waals surface area contributed by atoms with Crippen molar-refractivity contribution in [3.8, 4) is 16.9 Å². The van der Waals surface area contributed by atoms with E-state index in [1.165, 1.54) is 55.6 Å². The van der Waals surface area contributed by atoms with E-state index in [1.54, 1.807) is 12.1 Å². The first kappa shape index (κ1) is 25.2. The second-order valence-corrected chi connectivity index (χ2v) is 8.77. The van der Waals surface area contributed by atoms with Crippen LogP contribution >= 0.6 is 0 Å². The van der Waals surface area contributed by atoms with E-state index in [4.69, 9.17) is 9.88 Å². The molecule has 3 aromatic carbocycles. The summed E-state index contributed by atoms with van der Waals surface area (Å²) < 4.78 is 67.9. The molecule has 4 N–H and O–H groups in total. The van der Waals surface area contributed by atoms with Gasteiger partial charge in [0.2, 0.25) is 10.0 Å². The third kappa shape index (κ3) is 6.13. The Morgan fingerprint density at radius 1 is 1.06 bits per heavy atom. The van der Waals surface area contributed by atoms with Crippen molar-refractivity contribution >= 4 is 21.6 Å². The number of nitrogens with one attached hydrogen (secondary N) is 2. The van der Waals surface area contributed by atoms with Gasteiger partial charge in [-0.2, -0.15) is 0 Å². The lowest BCUT2D eigenvalue weighted by Gasteiger charge is -2.14. The Labute approximate surface area is 194 Å². The minimum atomic E-state index is -4.03. The largest absolute Gasteiger partial charge is 0.495 e. The summed E-state index contributed by atoms with van der Waals surface area (Å²) in [5, 5.41) is 10.4. The van der Waals surface area contributed by atoms with Crippen molar-refractivity contribution in [2.24, 2.45) is 5.14 Å². The van der Waals surface area contributed by atoms with Crippen molar-refractivity contribution < 1.29 is 31.1 Å². The minimum absolute atomic E-state index is 0.0218. The second-order valence-electron chi connectivity index (χ2n) is 7.24. The predicted molar refractivity (Wildman–Crippen MR) is 122 cm³/mol. The number of methoxy groups -OCH3 is 1. The third-order valence-electron chi connectivity index (χ3n) is 4.87. The molecule has 180 valence electrons. The van der Waals surface area contributed by atoms with Crippen LogP contribution < -0.4 is 20.5 Å². The van der Waals surface area contributed by atoms with Crippen LogP contribution in [-0.4, -0.2) is 34.4 Å². The van der Waals surface area contributed by atoms with E-state index in [2.05, 4.69) is 10.6 Å². The maximum Gasteiger partial charge on any atom is 0.255 e. The van der Waals surface area contributed by atoms with Gasteiger partial charge < -0.3 is 15.4 Å². The van der Waals surface area contributed by atoms with E-state index >= 15 is 0 Å². The molecule has 7 nitrogen and oxygen atoms in total. The van der Waals surface area contributed by atoms with Crippen molar-refractivity contribution in [2.45, 2.75) is 17.9 Å². The quantitative estimate of drug-likeness (QED) is 0.421. The number of carbonyl (C=O) groups is 1. The smallest absolute Gasteiger partial charge is 0.255 e. The van der Waals surface area contributed by atoms with Gasteiger partial charge in [0.15, 0.2) is 0 Å². The molecule has 0 radical (unpaired) electrons. The number of hydrogen-bond donors (Lipinski definition) is 3. The van der Waals surface area contributed by atoms with Gasteiger partial charge in [0.25, 0.3) is 12.3 Å². The van der Waals surface area contributed by atoms with E-state index in [9.17, 15) is 26.4 Å². The van der Waals surface area contributed by atoms with Crippen LogP contribution in [0.2, 0.25) is 0 Å². The monoisotopic (exact) mass is 493 g/mol. The molecular weight excluding hydrogens is 471 g/mol. The highest BCUT2D eigenvalue weighted by atomic mass is 32.2. The summed E-state index contributed by atoms with van der Waals surface area (Å²) in [4.78, 5) is 12.6. The van der Waals surface area contributed by atoms with Crippen LogP contribution in [0.4, 0.5) is 18.9 Å². The SMILES string of the molecule is COc1cc(NC(=O)c2ccc(-c3ccccc3F)c(CNCC(F)F)c2)ccc1S(N)(=O)=O. The Morgan fingerprint density at radius 2 is 1.79 bits per heavy atom. The van der Waals surface area contributed by atoms with Crippen molar-refractivity contribution in [1.29, 1.82) is 0 Å². The maximum absolute atomic E-state index is 14.4. The van der Waals surface area contributed by atoms with Crippen molar-refractivity contribution in [1.82, 2.24) is 5.32 Å². The lowest BCUT2D eigenvalue weighted by Crippen LogP contribution is -2.21. The number of alkyl halides is 2. The number of halogens is 3. The maximum atomic E-state index is 14.4.